The zero-order valence-corrected chi connectivity index (χ0v) is 24.5. The Hall–Kier alpha value is -5.26. The van der Waals surface area contributed by atoms with Crippen molar-refractivity contribution in [3.8, 4) is 11.9 Å². The van der Waals surface area contributed by atoms with Gasteiger partial charge in [0.15, 0.2) is 10.9 Å². The van der Waals surface area contributed by atoms with E-state index in [2.05, 4.69) is 9.98 Å². The maximum Gasteiger partial charge on any atom is 0.335 e. The standard InChI is InChI=1S/2C15H13NO5.Mn/c2*1-8-7-12(17)13(15(20)21-8)9(2)16-11-5-3-10(4-6-11)14(18)19;/h2*3-7,20H,1-2H3,(H,18,19);. The fourth-order valence-corrected chi connectivity index (χ4v) is 3.71. The van der Waals surface area contributed by atoms with Gasteiger partial charge in [-0.15, -0.1) is 0 Å². The summed E-state index contributed by atoms with van der Waals surface area (Å²) in [6.07, 6.45) is 0. The Morgan fingerprint density at radius 3 is 1.19 bits per heavy atom. The number of hydrogen-bond acceptors (Lipinski definition) is 10. The van der Waals surface area contributed by atoms with Crippen LogP contribution < -0.4 is 10.9 Å². The van der Waals surface area contributed by atoms with E-state index in [0.29, 0.717) is 22.9 Å². The Morgan fingerprint density at radius 2 is 0.930 bits per heavy atom. The van der Waals surface area contributed by atoms with Crippen LogP contribution in [0.5, 0.6) is 11.9 Å². The van der Waals surface area contributed by atoms with Crippen molar-refractivity contribution in [1.82, 2.24) is 0 Å². The van der Waals surface area contributed by atoms with E-state index < -0.39 is 23.8 Å². The van der Waals surface area contributed by atoms with Crippen LogP contribution in [0.4, 0.5) is 11.4 Å². The van der Waals surface area contributed by atoms with Crippen LogP contribution in [0, 0.1) is 13.8 Å². The predicted octanol–water partition coefficient (Wildman–Crippen LogP) is 4.98. The summed E-state index contributed by atoms with van der Waals surface area (Å²) in [5.41, 5.74) is 0.987. The van der Waals surface area contributed by atoms with E-state index in [9.17, 15) is 29.4 Å². The van der Waals surface area contributed by atoms with Gasteiger partial charge in [0, 0.05) is 29.2 Å². The second-order valence-corrected chi connectivity index (χ2v) is 8.90. The van der Waals surface area contributed by atoms with Gasteiger partial charge in [-0.25, -0.2) is 9.59 Å². The number of aromatic hydroxyl groups is 2. The average molecular weight is 629 g/mol. The molecule has 43 heavy (non-hydrogen) atoms. The summed E-state index contributed by atoms with van der Waals surface area (Å²) in [7, 11) is 0. The van der Waals surface area contributed by atoms with Gasteiger partial charge < -0.3 is 29.3 Å². The van der Waals surface area contributed by atoms with Crippen LogP contribution in [-0.2, 0) is 17.1 Å². The number of rotatable bonds is 6. The van der Waals surface area contributed by atoms with Gasteiger partial charge in [-0.1, -0.05) is 0 Å². The number of benzene rings is 2. The second kappa shape index (κ2) is 14.6. The van der Waals surface area contributed by atoms with E-state index in [1.165, 1.54) is 60.7 Å². The molecule has 0 saturated heterocycles. The third kappa shape index (κ3) is 8.86. The Labute approximate surface area is 254 Å². The van der Waals surface area contributed by atoms with Gasteiger partial charge in [-0.3, -0.25) is 19.6 Å². The van der Waals surface area contributed by atoms with Crippen molar-refractivity contribution in [3.63, 3.8) is 0 Å². The molecule has 12 nitrogen and oxygen atoms in total. The SMILES string of the molecule is CC(=Nc1ccc(C(=O)O)cc1)c1c(O)oc(C)cc1=O.CC(=Nc1ccc(C(=O)O)cc1)c1c(O)oc(C)cc1=O.[Mn]. The van der Waals surface area contributed by atoms with Gasteiger partial charge in [-0.05, 0) is 76.2 Å². The number of aliphatic imine (C=N–C) groups is 2. The molecular formula is C30H26MnN2O10. The molecule has 0 amide bonds. The van der Waals surface area contributed by atoms with Crippen molar-refractivity contribution in [2.75, 3.05) is 0 Å². The van der Waals surface area contributed by atoms with Crippen LogP contribution >= 0.6 is 0 Å². The monoisotopic (exact) mass is 629 g/mol. The molecule has 2 heterocycles. The molecule has 13 heteroatoms. The fraction of sp³-hybridized carbons (Fsp3) is 0.133. The van der Waals surface area contributed by atoms with Crippen LogP contribution in [0.25, 0.3) is 0 Å². The number of nitrogens with zero attached hydrogens (tertiary/aromatic N) is 2. The third-order valence-corrected chi connectivity index (χ3v) is 5.65. The first-order valence-corrected chi connectivity index (χ1v) is 12.2. The minimum Gasteiger partial charge on any atom is -0.480 e. The molecule has 0 aliphatic carbocycles. The normalized spacial score (nSPS) is 11.2. The number of aryl methyl sites for hydroxylation is 2. The topological polar surface area (TPSA) is 200 Å². The van der Waals surface area contributed by atoms with E-state index in [1.807, 2.05) is 0 Å². The molecule has 0 unspecified atom stereocenters. The number of hydrogen-bond donors (Lipinski definition) is 4. The summed E-state index contributed by atoms with van der Waals surface area (Å²) >= 11 is 0. The molecular weight excluding hydrogens is 603 g/mol. The Bertz CT molecular complexity index is 1690. The molecule has 2 aromatic carbocycles. The van der Waals surface area contributed by atoms with Crippen LogP contribution in [0.2, 0.25) is 0 Å². The van der Waals surface area contributed by atoms with E-state index >= 15 is 0 Å². The molecule has 0 atom stereocenters. The second-order valence-electron chi connectivity index (χ2n) is 8.90. The third-order valence-electron chi connectivity index (χ3n) is 5.65. The van der Waals surface area contributed by atoms with Gasteiger partial charge in [0.1, 0.15) is 22.6 Å². The smallest absolute Gasteiger partial charge is 0.335 e. The number of carboxylic acid groups (broad SMARTS) is 2. The molecule has 2 aromatic heterocycles. The molecule has 0 aliphatic rings. The zero-order valence-electron chi connectivity index (χ0n) is 23.3. The zero-order chi connectivity index (χ0) is 31.1. The summed E-state index contributed by atoms with van der Waals surface area (Å²) < 4.78 is 9.99. The fourth-order valence-electron chi connectivity index (χ4n) is 3.71. The molecule has 0 fully saturated rings. The molecule has 223 valence electrons. The van der Waals surface area contributed by atoms with Crippen molar-refractivity contribution >= 4 is 34.7 Å². The number of carboxylic acids is 2. The van der Waals surface area contributed by atoms with E-state index in [4.69, 9.17) is 19.0 Å². The number of carbonyl (C=O) groups is 2. The van der Waals surface area contributed by atoms with E-state index in [-0.39, 0.29) is 61.6 Å². The molecule has 4 N–H and O–H groups in total. The summed E-state index contributed by atoms with van der Waals surface area (Å²) in [5.74, 6) is -2.41. The Kier molecular flexibility index (Phi) is 11.5. The van der Waals surface area contributed by atoms with Crippen molar-refractivity contribution in [2.24, 2.45) is 9.98 Å². The minimum absolute atomic E-state index is 0. The maximum atomic E-state index is 11.9. The van der Waals surface area contributed by atoms with Crippen LogP contribution in [0.1, 0.15) is 57.2 Å². The largest absolute Gasteiger partial charge is 0.480 e. The molecule has 4 rings (SSSR count). The Balaban J connectivity index is 0.000000293. The Morgan fingerprint density at radius 1 is 0.628 bits per heavy atom. The molecule has 1 radical (unpaired) electrons. The summed E-state index contributed by atoms with van der Waals surface area (Å²) in [5, 5.41) is 37.0. The predicted molar refractivity (Wildman–Crippen MR) is 153 cm³/mol. The molecule has 0 bridgehead atoms. The van der Waals surface area contributed by atoms with Crippen molar-refractivity contribution in [1.29, 1.82) is 0 Å². The summed E-state index contributed by atoms with van der Waals surface area (Å²) in [6, 6.07) is 14.2. The molecule has 0 aliphatic heterocycles. The first kappa shape index (κ1) is 33.9. The summed E-state index contributed by atoms with van der Waals surface area (Å²) in [4.78, 5) is 53.6. The van der Waals surface area contributed by atoms with E-state index in [1.54, 1.807) is 27.7 Å². The van der Waals surface area contributed by atoms with E-state index in [0.717, 1.165) is 0 Å². The van der Waals surface area contributed by atoms with Gasteiger partial charge in [0.25, 0.3) is 11.9 Å². The number of aromatic carboxylic acids is 2. The first-order chi connectivity index (χ1) is 19.8. The first-order valence-electron chi connectivity index (χ1n) is 12.2. The van der Waals surface area contributed by atoms with Crippen LogP contribution in [0.3, 0.4) is 0 Å². The minimum atomic E-state index is -1.03. The van der Waals surface area contributed by atoms with Crippen LogP contribution in [0.15, 0.2) is 89.1 Å². The maximum absolute atomic E-state index is 11.9. The van der Waals surface area contributed by atoms with Crippen LogP contribution in [-0.4, -0.2) is 43.8 Å². The quantitative estimate of drug-likeness (QED) is 0.166. The van der Waals surface area contributed by atoms with Gasteiger partial charge >= 0.3 is 11.9 Å². The van der Waals surface area contributed by atoms with Gasteiger partial charge in [0.2, 0.25) is 0 Å². The molecule has 0 saturated carbocycles. The van der Waals surface area contributed by atoms with Crippen molar-refractivity contribution in [2.45, 2.75) is 27.7 Å². The van der Waals surface area contributed by atoms with Crippen molar-refractivity contribution < 1.29 is 55.9 Å². The van der Waals surface area contributed by atoms with Gasteiger partial charge in [0.05, 0.1) is 33.9 Å². The van der Waals surface area contributed by atoms with Gasteiger partial charge in [-0.2, -0.15) is 0 Å². The average Bonchev–Trinajstić information content (AvgIpc) is 2.88. The molecule has 0 spiro atoms. The molecule has 4 aromatic rings. The van der Waals surface area contributed by atoms with Crippen molar-refractivity contribution in [3.05, 3.63) is 115 Å². The summed E-state index contributed by atoms with van der Waals surface area (Å²) in [6.45, 7) is 6.24.